The lowest BCUT2D eigenvalue weighted by Crippen LogP contribution is -2.32. The van der Waals surface area contributed by atoms with Crippen molar-refractivity contribution in [3.05, 3.63) is 0 Å². The molecule has 0 unspecified atom stereocenters. The van der Waals surface area contributed by atoms with Gasteiger partial charge in [-0.25, -0.2) is 13.1 Å². The molecule has 0 saturated heterocycles. The van der Waals surface area contributed by atoms with Crippen LogP contribution in [-0.4, -0.2) is 26.0 Å². The summed E-state index contributed by atoms with van der Waals surface area (Å²) < 4.78 is 25.7. The van der Waals surface area contributed by atoms with Crippen molar-refractivity contribution in [2.75, 3.05) is 17.6 Å². The lowest BCUT2D eigenvalue weighted by atomic mass is 10.0. The quantitative estimate of drug-likeness (QED) is 0.580. The molecular weight excluding hydrogens is 278 g/mol. The van der Waals surface area contributed by atoms with E-state index in [-0.39, 0.29) is 11.2 Å². The van der Waals surface area contributed by atoms with Crippen LogP contribution in [0.25, 0.3) is 0 Å². The molecule has 0 bridgehead atoms. The van der Waals surface area contributed by atoms with Crippen LogP contribution in [-0.2, 0) is 10.0 Å². The second-order valence-corrected chi connectivity index (χ2v) is 7.56. The van der Waals surface area contributed by atoms with Crippen LogP contribution in [0, 0.1) is 5.41 Å². The van der Waals surface area contributed by atoms with Gasteiger partial charge >= 0.3 is 0 Å². The van der Waals surface area contributed by atoms with E-state index in [4.69, 9.17) is 0 Å². The first-order valence-corrected chi connectivity index (χ1v) is 8.07. The molecule has 0 heterocycles. The van der Waals surface area contributed by atoms with Crippen LogP contribution in [0.15, 0.2) is 0 Å². The first kappa shape index (κ1) is 15.4. The zero-order valence-electron chi connectivity index (χ0n) is 9.85. The molecule has 0 amide bonds. The van der Waals surface area contributed by atoms with Gasteiger partial charge in [0, 0.05) is 11.9 Å². The van der Waals surface area contributed by atoms with Crippen molar-refractivity contribution in [2.24, 2.45) is 5.41 Å². The fourth-order valence-corrected chi connectivity index (χ4v) is 3.34. The zero-order valence-corrected chi connectivity index (χ0v) is 12.2. The van der Waals surface area contributed by atoms with Crippen molar-refractivity contribution < 1.29 is 8.42 Å². The molecule has 0 aromatic rings. The molecule has 0 atom stereocenters. The molecule has 0 aromatic carbocycles. The predicted octanol–water partition coefficient (Wildman–Crippen LogP) is 2.52. The SMILES string of the molecule is CC(C)(C)CS(=O)(=O)NCCCCCBr. The molecule has 0 radical (unpaired) electrons. The van der Waals surface area contributed by atoms with Crippen molar-refractivity contribution in [2.45, 2.75) is 40.0 Å². The van der Waals surface area contributed by atoms with E-state index in [0.717, 1.165) is 24.6 Å². The smallest absolute Gasteiger partial charge is 0.212 e. The van der Waals surface area contributed by atoms with E-state index in [1.165, 1.54) is 0 Å². The minimum Gasteiger partial charge on any atom is -0.215 e. The molecule has 0 spiro atoms. The fourth-order valence-electron chi connectivity index (χ4n) is 1.25. The molecule has 0 aromatic heterocycles. The Morgan fingerprint density at radius 3 is 2.20 bits per heavy atom. The molecule has 92 valence electrons. The topological polar surface area (TPSA) is 46.2 Å². The number of nitrogens with one attached hydrogen (secondary N) is 1. The van der Waals surface area contributed by atoms with Gasteiger partial charge in [-0.1, -0.05) is 43.1 Å². The van der Waals surface area contributed by atoms with Crippen molar-refractivity contribution in [3.63, 3.8) is 0 Å². The first-order valence-electron chi connectivity index (χ1n) is 5.30. The maximum atomic E-state index is 11.6. The highest BCUT2D eigenvalue weighted by Crippen LogP contribution is 2.15. The van der Waals surface area contributed by atoms with Gasteiger partial charge in [-0.2, -0.15) is 0 Å². The Morgan fingerprint density at radius 1 is 1.13 bits per heavy atom. The highest BCUT2D eigenvalue weighted by molar-refractivity contribution is 9.09. The summed E-state index contributed by atoms with van der Waals surface area (Å²) in [4.78, 5) is 0. The monoisotopic (exact) mass is 299 g/mol. The van der Waals surface area contributed by atoms with Crippen LogP contribution in [0.2, 0.25) is 0 Å². The third-order valence-electron chi connectivity index (χ3n) is 1.76. The Kier molecular flexibility index (Phi) is 7.04. The predicted molar refractivity (Wildman–Crippen MR) is 68.9 cm³/mol. The Bertz CT molecular complexity index is 257. The summed E-state index contributed by atoms with van der Waals surface area (Å²) in [7, 11) is -3.09. The molecular formula is C10H22BrNO2S. The summed E-state index contributed by atoms with van der Waals surface area (Å²) >= 11 is 3.34. The van der Waals surface area contributed by atoms with Gasteiger partial charge in [0.1, 0.15) is 0 Å². The van der Waals surface area contributed by atoms with E-state index < -0.39 is 10.0 Å². The summed E-state index contributed by atoms with van der Waals surface area (Å²) in [6.45, 7) is 6.34. The summed E-state index contributed by atoms with van der Waals surface area (Å²) in [5, 5.41) is 0.988. The molecule has 0 aliphatic carbocycles. The van der Waals surface area contributed by atoms with Gasteiger partial charge in [-0.3, -0.25) is 0 Å². The second kappa shape index (κ2) is 6.86. The second-order valence-electron chi connectivity index (χ2n) is 4.96. The number of sulfonamides is 1. The van der Waals surface area contributed by atoms with E-state index in [1.54, 1.807) is 0 Å². The Labute approximate surface area is 102 Å². The van der Waals surface area contributed by atoms with Crippen molar-refractivity contribution >= 4 is 26.0 Å². The van der Waals surface area contributed by atoms with Crippen LogP contribution in [0.1, 0.15) is 40.0 Å². The molecule has 0 saturated carbocycles. The van der Waals surface area contributed by atoms with Gasteiger partial charge in [0.2, 0.25) is 10.0 Å². The van der Waals surface area contributed by atoms with Gasteiger partial charge in [-0.15, -0.1) is 0 Å². The molecule has 0 aliphatic rings. The summed E-state index contributed by atoms with van der Waals surface area (Å²) in [5.41, 5.74) is -0.179. The summed E-state index contributed by atoms with van der Waals surface area (Å²) in [6.07, 6.45) is 3.07. The van der Waals surface area contributed by atoms with Gasteiger partial charge in [0.05, 0.1) is 5.75 Å². The first-order chi connectivity index (χ1) is 6.77. The molecule has 15 heavy (non-hydrogen) atoms. The Morgan fingerprint density at radius 2 is 1.73 bits per heavy atom. The number of halogens is 1. The van der Waals surface area contributed by atoms with Crippen LogP contribution >= 0.6 is 15.9 Å². The number of hydrogen-bond acceptors (Lipinski definition) is 2. The van der Waals surface area contributed by atoms with E-state index in [1.807, 2.05) is 20.8 Å². The number of rotatable bonds is 7. The lowest BCUT2D eigenvalue weighted by molar-refractivity contribution is 0.457. The summed E-state index contributed by atoms with van der Waals surface area (Å²) in [5.74, 6) is 0.193. The molecule has 5 heteroatoms. The Hall–Kier alpha value is 0.390. The van der Waals surface area contributed by atoms with Crippen LogP contribution in [0.4, 0.5) is 0 Å². The van der Waals surface area contributed by atoms with E-state index in [0.29, 0.717) is 6.54 Å². The maximum Gasteiger partial charge on any atom is 0.212 e. The van der Waals surface area contributed by atoms with Gasteiger partial charge in [-0.05, 0) is 18.3 Å². The van der Waals surface area contributed by atoms with Crippen LogP contribution in [0.5, 0.6) is 0 Å². The third kappa shape index (κ3) is 10.7. The van der Waals surface area contributed by atoms with Crippen molar-refractivity contribution in [3.8, 4) is 0 Å². The van der Waals surface area contributed by atoms with Gasteiger partial charge in [0.15, 0.2) is 0 Å². The van der Waals surface area contributed by atoms with Crippen molar-refractivity contribution in [1.82, 2.24) is 4.72 Å². The highest BCUT2D eigenvalue weighted by atomic mass is 79.9. The van der Waals surface area contributed by atoms with E-state index in [9.17, 15) is 8.42 Å². The number of unbranched alkanes of at least 4 members (excludes halogenated alkanes) is 2. The van der Waals surface area contributed by atoms with Gasteiger partial charge < -0.3 is 0 Å². The third-order valence-corrected chi connectivity index (χ3v) is 4.21. The van der Waals surface area contributed by atoms with Crippen LogP contribution in [0.3, 0.4) is 0 Å². The fraction of sp³-hybridized carbons (Fsp3) is 1.00. The van der Waals surface area contributed by atoms with Gasteiger partial charge in [0.25, 0.3) is 0 Å². The molecule has 0 fully saturated rings. The molecule has 0 rings (SSSR count). The molecule has 3 nitrogen and oxygen atoms in total. The average Bonchev–Trinajstić information content (AvgIpc) is 1.99. The normalized spacial score (nSPS) is 13.1. The standard InChI is InChI=1S/C10H22BrNO2S/c1-10(2,3)9-15(13,14)12-8-6-4-5-7-11/h12H,4-9H2,1-3H3. The average molecular weight is 300 g/mol. The Balaban J connectivity index is 3.76. The minimum absolute atomic E-state index is 0.179. The molecule has 0 aliphatic heterocycles. The number of hydrogen-bond donors (Lipinski definition) is 1. The zero-order chi connectivity index (χ0) is 11.9. The lowest BCUT2D eigenvalue weighted by Gasteiger charge is -2.18. The minimum atomic E-state index is -3.09. The molecule has 1 N–H and O–H groups in total. The highest BCUT2D eigenvalue weighted by Gasteiger charge is 2.20. The van der Waals surface area contributed by atoms with E-state index >= 15 is 0 Å². The number of alkyl halides is 1. The van der Waals surface area contributed by atoms with Crippen molar-refractivity contribution in [1.29, 1.82) is 0 Å². The van der Waals surface area contributed by atoms with Crippen LogP contribution < -0.4 is 4.72 Å². The maximum absolute atomic E-state index is 11.6. The van der Waals surface area contributed by atoms with E-state index in [2.05, 4.69) is 20.7 Å². The largest absolute Gasteiger partial charge is 0.215 e. The summed E-state index contributed by atoms with van der Waals surface area (Å²) in [6, 6.07) is 0.